The predicted molar refractivity (Wildman–Crippen MR) is 75.6 cm³/mol. The molecule has 1 N–H and O–H groups in total. The molecule has 0 radical (unpaired) electrons. The number of aryl methyl sites for hydroxylation is 1. The molecular weight excluding hydrogens is 245 g/mol. The summed E-state index contributed by atoms with van der Waals surface area (Å²) in [5, 5.41) is 5.46. The fourth-order valence-electron chi connectivity index (χ4n) is 1.99. The third kappa shape index (κ3) is 2.98. The van der Waals surface area contributed by atoms with Crippen molar-refractivity contribution in [2.24, 2.45) is 0 Å². The van der Waals surface area contributed by atoms with Gasteiger partial charge >= 0.3 is 0 Å². The number of nitrogens with one attached hydrogen (secondary N) is 1. The maximum Gasteiger partial charge on any atom is 0.128 e. The molecule has 0 aliphatic rings. The Hall–Kier alpha value is -1.19. The molecule has 2 rings (SSSR count). The van der Waals surface area contributed by atoms with Gasteiger partial charge in [-0.05, 0) is 37.4 Å². The standard InChI is InChI=1S/C15H18FNS/c1-3-8-17-15(14-5-4-9-18-14)12-10-11(2)6-7-13(12)16/h4-7,9-10,15,17H,3,8H2,1-2H3. The van der Waals surface area contributed by atoms with Gasteiger partial charge in [-0.1, -0.05) is 30.7 Å². The van der Waals surface area contributed by atoms with Crippen LogP contribution < -0.4 is 5.32 Å². The van der Waals surface area contributed by atoms with Crippen LogP contribution in [0.5, 0.6) is 0 Å². The SMILES string of the molecule is CCCNC(c1cccs1)c1cc(C)ccc1F. The lowest BCUT2D eigenvalue weighted by Crippen LogP contribution is -2.23. The first-order valence-electron chi connectivity index (χ1n) is 6.25. The van der Waals surface area contributed by atoms with E-state index in [1.54, 1.807) is 17.4 Å². The smallest absolute Gasteiger partial charge is 0.128 e. The molecule has 1 heterocycles. The highest BCUT2D eigenvalue weighted by Crippen LogP contribution is 2.28. The minimum Gasteiger partial charge on any atom is -0.306 e. The highest BCUT2D eigenvalue weighted by Gasteiger charge is 2.18. The Morgan fingerprint density at radius 1 is 1.33 bits per heavy atom. The van der Waals surface area contributed by atoms with Crippen molar-refractivity contribution in [3.05, 3.63) is 57.5 Å². The third-order valence-corrected chi connectivity index (χ3v) is 3.83. The number of rotatable bonds is 5. The monoisotopic (exact) mass is 263 g/mol. The van der Waals surface area contributed by atoms with Gasteiger partial charge < -0.3 is 5.32 Å². The van der Waals surface area contributed by atoms with Crippen LogP contribution in [0.1, 0.15) is 35.4 Å². The fourth-order valence-corrected chi connectivity index (χ4v) is 2.81. The van der Waals surface area contributed by atoms with Crippen molar-refractivity contribution in [1.29, 1.82) is 0 Å². The second-order valence-corrected chi connectivity index (χ2v) is 5.41. The van der Waals surface area contributed by atoms with Crippen LogP contribution >= 0.6 is 11.3 Å². The van der Waals surface area contributed by atoms with E-state index in [-0.39, 0.29) is 11.9 Å². The molecule has 1 nitrogen and oxygen atoms in total. The average molecular weight is 263 g/mol. The molecule has 1 aromatic carbocycles. The Balaban J connectivity index is 2.36. The van der Waals surface area contributed by atoms with Gasteiger partial charge in [0.15, 0.2) is 0 Å². The molecule has 1 atom stereocenters. The molecule has 0 aliphatic carbocycles. The molecule has 2 aromatic rings. The van der Waals surface area contributed by atoms with E-state index in [4.69, 9.17) is 0 Å². The van der Waals surface area contributed by atoms with Crippen LogP contribution in [-0.4, -0.2) is 6.54 Å². The van der Waals surface area contributed by atoms with Gasteiger partial charge in [0.2, 0.25) is 0 Å². The summed E-state index contributed by atoms with van der Waals surface area (Å²) in [7, 11) is 0. The van der Waals surface area contributed by atoms with Crippen LogP contribution in [0.25, 0.3) is 0 Å². The minimum atomic E-state index is -0.136. The lowest BCUT2D eigenvalue weighted by atomic mass is 10.0. The van der Waals surface area contributed by atoms with Crippen molar-refractivity contribution in [3.63, 3.8) is 0 Å². The minimum absolute atomic E-state index is 0.0372. The molecule has 3 heteroatoms. The molecule has 96 valence electrons. The number of hydrogen-bond donors (Lipinski definition) is 1. The summed E-state index contributed by atoms with van der Waals surface area (Å²) in [5.74, 6) is -0.136. The largest absolute Gasteiger partial charge is 0.306 e. The third-order valence-electron chi connectivity index (χ3n) is 2.89. The van der Waals surface area contributed by atoms with E-state index in [1.165, 1.54) is 0 Å². The van der Waals surface area contributed by atoms with E-state index in [0.717, 1.165) is 29.0 Å². The number of hydrogen-bond acceptors (Lipinski definition) is 2. The summed E-state index contributed by atoms with van der Waals surface area (Å²) in [5.41, 5.74) is 1.83. The summed E-state index contributed by atoms with van der Waals surface area (Å²) in [6.07, 6.45) is 1.04. The van der Waals surface area contributed by atoms with E-state index >= 15 is 0 Å². The van der Waals surface area contributed by atoms with Gasteiger partial charge in [0.05, 0.1) is 6.04 Å². The molecule has 0 bridgehead atoms. The lowest BCUT2D eigenvalue weighted by molar-refractivity contribution is 0.550. The Labute approximate surface area is 112 Å². The summed E-state index contributed by atoms with van der Waals surface area (Å²) in [6, 6.07) is 9.32. The van der Waals surface area contributed by atoms with Gasteiger partial charge in [0.1, 0.15) is 5.82 Å². The molecule has 0 spiro atoms. The van der Waals surface area contributed by atoms with E-state index in [9.17, 15) is 4.39 Å². The highest BCUT2D eigenvalue weighted by molar-refractivity contribution is 7.10. The Morgan fingerprint density at radius 2 is 2.17 bits per heavy atom. The predicted octanol–water partition coefficient (Wildman–Crippen LogP) is 4.28. The Bertz CT molecular complexity index is 493. The molecular formula is C15H18FNS. The zero-order chi connectivity index (χ0) is 13.0. The maximum atomic E-state index is 14.0. The number of thiophene rings is 1. The molecule has 1 aromatic heterocycles. The van der Waals surface area contributed by atoms with Crippen molar-refractivity contribution in [3.8, 4) is 0 Å². The topological polar surface area (TPSA) is 12.0 Å². The first-order valence-corrected chi connectivity index (χ1v) is 7.13. The molecule has 0 aliphatic heterocycles. The number of benzene rings is 1. The van der Waals surface area contributed by atoms with Gasteiger partial charge in [-0.25, -0.2) is 4.39 Å². The van der Waals surface area contributed by atoms with Crippen molar-refractivity contribution in [2.45, 2.75) is 26.3 Å². The summed E-state index contributed by atoms with van der Waals surface area (Å²) in [6.45, 7) is 5.00. The second-order valence-electron chi connectivity index (χ2n) is 4.43. The second kappa shape index (κ2) is 6.12. The molecule has 0 saturated carbocycles. The molecule has 18 heavy (non-hydrogen) atoms. The van der Waals surface area contributed by atoms with E-state index < -0.39 is 0 Å². The van der Waals surface area contributed by atoms with E-state index in [2.05, 4.69) is 18.3 Å². The molecule has 0 saturated heterocycles. The summed E-state index contributed by atoms with van der Waals surface area (Å²) >= 11 is 1.66. The van der Waals surface area contributed by atoms with Gasteiger partial charge in [0.25, 0.3) is 0 Å². The van der Waals surface area contributed by atoms with Crippen molar-refractivity contribution in [2.75, 3.05) is 6.54 Å². The van der Waals surface area contributed by atoms with E-state index in [1.807, 2.05) is 30.5 Å². The molecule has 1 unspecified atom stereocenters. The first kappa shape index (κ1) is 13.2. The maximum absolute atomic E-state index is 14.0. The first-order chi connectivity index (χ1) is 8.72. The van der Waals surface area contributed by atoms with Gasteiger partial charge in [0, 0.05) is 10.4 Å². The quantitative estimate of drug-likeness (QED) is 0.848. The van der Waals surface area contributed by atoms with E-state index in [0.29, 0.717) is 0 Å². The van der Waals surface area contributed by atoms with Crippen LogP contribution in [0.3, 0.4) is 0 Å². The van der Waals surface area contributed by atoms with Crippen LogP contribution in [0.2, 0.25) is 0 Å². The van der Waals surface area contributed by atoms with Crippen molar-refractivity contribution < 1.29 is 4.39 Å². The van der Waals surface area contributed by atoms with Crippen molar-refractivity contribution in [1.82, 2.24) is 5.32 Å². The van der Waals surface area contributed by atoms with Crippen LogP contribution in [0, 0.1) is 12.7 Å². The van der Waals surface area contributed by atoms with Gasteiger partial charge in [-0.2, -0.15) is 0 Å². The Kier molecular flexibility index (Phi) is 4.50. The molecule has 0 amide bonds. The summed E-state index contributed by atoms with van der Waals surface area (Å²) < 4.78 is 14.0. The fraction of sp³-hybridized carbons (Fsp3) is 0.333. The zero-order valence-electron chi connectivity index (χ0n) is 10.7. The normalized spacial score (nSPS) is 12.6. The summed E-state index contributed by atoms with van der Waals surface area (Å²) in [4.78, 5) is 1.16. The van der Waals surface area contributed by atoms with Gasteiger partial charge in [-0.3, -0.25) is 0 Å². The zero-order valence-corrected chi connectivity index (χ0v) is 11.6. The van der Waals surface area contributed by atoms with Crippen LogP contribution in [0.15, 0.2) is 35.7 Å². The highest BCUT2D eigenvalue weighted by atomic mass is 32.1. The Morgan fingerprint density at radius 3 is 2.83 bits per heavy atom. The van der Waals surface area contributed by atoms with Crippen LogP contribution in [0.4, 0.5) is 4.39 Å². The van der Waals surface area contributed by atoms with Crippen molar-refractivity contribution >= 4 is 11.3 Å². The van der Waals surface area contributed by atoms with Gasteiger partial charge in [-0.15, -0.1) is 11.3 Å². The average Bonchev–Trinajstić information content (AvgIpc) is 2.88. The van der Waals surface area contributed by atoms with Crippen LogP contribution in [-0.2, 0) is 0 Å². The lowest BCUT2D eigenvalue weighted by Gasteiger charge is -2.19. The molecule has 0 fully saturated rings. The number of halogens is 1.